The van der Waals surface area contributed by atoms with Crippen LogP contribution in [0.3, 0.4) is 0 Å². The number of piperazine rings is 1. The molecule has 0 bridgehead atoms. The minimum Gasteiger partial charge on any atom is -0.467 e. The average Bonchev–Trinajstić information content (AvgIpc) is 3.20. The molecule has 1 amide bonds. The van der Waals surface area contributed by atoms with E-state index in [1.807, 2.05) is 11.0 Å². The summed E-state index contributed by atoms with van der Waals surface area (Å²) in [4.78, 5) is 13.2. The smallest absolute Gasteiger partial charge is 0.248 e. The quantitative estimate of drug-likeness (QED) is 0.703. The first-order chi connectivity index (χ1) is 12.9. The van der Waals surface area contributed by atoms with Gasteiger partial charge in [-0.25, -0.2) is 8.42 Å². The summed E-state index contributed by atoms with van der Waals surface area (Å²) in [5.41, 5.74) is 5.46. The van der Waals surface area contributed by atoms with Crippen LogP contribution in [0.25, 0.3) is 0 Å². The number of carbonyl (C=O) groups is 1. The maximum absolute atomic E-state index is 12.8. The third kappa shape index (κ3) is 4.46. The second-order valence-corrected chi connectivity index (χ2v) is 8.34. The van der Waals surface area contributed by atoms with E-state index in [0.717, 1.165) is 5.76 Å². The largest absolute Gasteiger partial charge is 0.467 e. The van der Waals surface area contributed by atoms with Gasteiger partial charge in [0.15, 0.2) is 5.11 Å². The summed E-state index contributed by atoms with van der Waals surface area (Å²) < 4.78 is 32.2. The Morgan fingerprint density at radius 1 is 1.15 bits per heavy atom. The van der Waals surface area contributed by atoms with Gasteiger partial charge < -0.3 is 20.4 Å². The van der Waals surface area contributed by atoms with Crippen LogP contribution < -0.4 is 11.1 Å². The maximum Gasteiger partial charge on any atom is 0.248 e. The summed E-state index contributed by atoms with van der Waals surface area (Å²) in [7, 11) is -3.63. The molecule has 1 aliphatic heterocycles. The highest BCUT2D eigenvalue weighted by molar-refractivity contribution is 7.89. The number of amides is 1. The van der Waals surface area contributed by atoms with Crippen molar-refractivity contribution in [2.45, 2.75) is 11.4 Å². The Kier molecular flexibility index (Phi) is 5.78. The predicted molar refractivity (Wildman–Crippen MR) is 103 cm³/mol. The lowest BCUT2D eigenvalue weighted by Crippen LogP contribution is -2.52. The van der Waals surface area contributed by atoms with Gasteiger partial charge in [-0.1, -0.05) is 0 Å². The van der Waals surface area contributed by atoms with Crippen molar-refractivity contribution >= 4 is 33.3 Å². The Balaban J connectivity index is 1.57. The fourth-order valence-corrected chi connectivity index (χ4v) is 4.44. The molecule has 0 unspecified atom stereocenters. The zero-order valence-corrected chi connectivity index (χ0v) is 16.1. The summed E-state index contributed by atoms with van der Waals surface area (Å²) in [6.45, 7) is 2.10. The van der Waals surface area contributed by atoms with Crippen LogP contribution in [0.2, 0.25) is 0 Å². The monoisotopic (exact) mass is 408 g/mol. The van der Waals surface area contributed by atoms with E-state index < -0.39 is 15.9 Å². The lowest BCUT2D eigenvalue weighted by molar-refractivity contribution is 0.1000. The van der Waals surface area contributed by atoms with Crippen molar-refractivity contribution in [2.24, 2.45) is 5.73 Å². The van der Waals surface area contributed by atoms with Crippen LogP contribution >= 0.6 is 12.2 Å². The first-order valence-electron chi connectivity index (χ1n) is 8.33. The van der Waals surface area contributed by atoms with Gasteiger partial charge in [0, 0.05) is 31.7 Å². The van der Waals surface area contributed by atoms with Crippen LogP contribution in [0.15, 0.2) is 52.0 Å². The number of hydrogen-bond acceptors (Lipinski definition) is 5. The average molecular weight is 409 g/mol. The molecule has 1 saturated heterocycles. The van der Waals surface area contributed by atoms with Crippen LogP contribution in [0.4, 0.5) is 0 Å². The summed E-state index contributed by atoms with van der Waals surface area (Å²) in [6, 6.07) is 9.29. The third-order valence-electron chi connectivity index (χ3n) is 4.30. The number of hydrogen-bond donors (Lipinski definition) is 2. The molecule has 3 rings (SSSR count). The molecule has 144 valence electrons. The normalized spacial score (nSPS) is 15.5. The minimum atomic E-state index is -3.63. The van der Waals surface area contributed by atoms with Crippen molar-refractivity contribution in [3.63, 3.8) is 0 Å². The van der Waals surface area contributed by atoms with Crippen molar-refractivity contribution < 1.29 is 17.6 Å². The van der Waals surface area contributed by atoms with E-state index in [-0.39, 0.29) is 10.5 Å². The number of nitrogens with one attached hydrogen (secondary N) is 1. The Bertz CT molecular complexity index is 903. The molecule has 0 aliphatic carbocycles. The van der Waals surface area contributed by atoms with E-state index in [1.165, 1.54) is 28.6 Å². The van der Waals surface area contributed by atoms with Crippen molar-refractivity contribution in [3.05, 3.63) is 54.0 Å². The van der Waals surface area contributed by atoms with Crippen LogP contribution in [0, 0.1) is 0 Å². The second-order valence-electron chi connectivity index (χ2n) is 6.02. The van der Waals surface area contributed by atoms with Gasteiger partial charge >= 0.3 is 0 Å². The summed E-state index contributed by atoms with van der Waals surface area (Å²) in [6.07, 6.45) is 1.60. The first kappa shape index (κ1) is 19.3. The Morgan fingerprint density at radius 3 is 2.37 bits per heavy atom. The molecular formula is C17H20N4O4S2. The lowest BCUT2D eigenvalue weighted by Gasteiger charge is -2.35. The molecule has 0 radical (unpaired) electrons. The fraction of sp³-hybridized carbons (Fsp3) is 0.294. The highest BCUT2D eigenvalue weighted by Crippen LogP contribution is 2.18. The van der Waals surface area contributed by atoms with E-state index in [9.17, 15) is 13.2 Å². The van der Waals surface area contributed by atoms with Gasteiger partial charge in [0.05, 0.1) is 17.7 Å². The molecule has 1 aliphatic rings. The van der Waals surface area contributed by atoms with Gasteiger partial charge in [-0.2, -0.15) is 4.31 Å². The molecule has 1 aromatic heterocycles. The number of primary amides is 1. The maximum atomic E-state index is 12.8. The highest BCUT2D eigenvalue weighted by atomic mass is 32.2. The molecule has 0 spiro atoms. The molecule has 27 heavy (non-hydrogen) atoms. The van der Waals surface area contributed by atoms with Gasteiger partial charge in [0.2, 0.25) is 15.9 Å². The minimum absolute atomic E-state index is 0.138. The summed E-state index contributed by atoms with van der Waals surface area (Å²) >= 11 is 5.37. The van der Waals surface area contributed by atoms with Crippen molar-refractivity contribution in [1.82, 2.24) is 14.5 Å². The number of sulfonamides is 1. The molecule has 2 heterocycles. The fourth-order valence-electron chi connectivity index (χ4n) is 2.76. The van der Waals surface area contributed by atoms with Crippen LogP contribution in [-0.4, -0.2) is 54.8 Å². The predicted octanol–water partition coefficient (Wildman–Crippen LogP) is 0.760. The van der Waals surface area contributed by atoms with Gasteiger partial charge in [-0.3, -0.25) is 4.79 Å². The molecular weight excluding hydrogens is 388 g/mol. The van der Waals surface area contributed by atoms with Crippen LogP contribution in [0.1, 0.15) is 16.1 Å². The molecule has 1 aromatic carbocycles. The SMILES string of the molecule is NC(=O)c1ccc(S(=O)(=O)N2CCN(C(=S)NCc3ccco3)CC2)cc1. The van der Waals surface area contributed by atoms with E-state index in [2.05, 4.69) is 5.32 Å². The van der Waals surface area contributed by atoms with E-state index >= 15 is 0 Å². The number of furan rings is 1. The number of rotatable bonds is 5. The lowest BCUT2D eigenvalue weighted by atomic mass is 10.2. The molecule has 0 atom stereocenters. The van der Waals surface area contributed by atoms with Crippen molar-refractivity contribution in [1.29, 1.82) is 0 Å². The van der Waals surface area contributed by atoms with Gasteiger partial charge in [0.1, 0.15) is 5.76 Å². The number of nitrogens with two attached hydrogens (primary N) is 1. The molecule has 2 aromatic rings. The topological polar surface area (TPSA) is 109 Å². The molecule has 0 saturated carbocycles. The van der Waals surface area contributed by atoms with Crippen molar-refractivity contribution in [3.8, 4) is 0 Å². The van der Waals surface area contributed by atoms with Crippen LogP contribution in [-0.2, 0) is 16.6 Å². The number of nitrogens with zero attached hydrogens (tertiary/aromatic N) is 2. The molecule has 1 fully saturated rings. The molecule has 10 heteroatoms. The summed E-state index contributed by atoms with van der Waals surface area (Å²) in [5, 5.41) is 3.67. The zero-order chi connectivity index (χ0) is 19.4. The van der Waals surface area contributed by atoms with Gasteiger partial charge in [-0.15, -0.1) is 0 Å². The highest BCUT2D eigenvalue weighted by Gasteiger charge is 2.29. The van der Waals surface area contributed by atoms with Gasteiger partial charge in [-0.05, 0) is 48.6 Å². The number of benzene rings is 1. The van der Waals surface area contributed by atoms with E-state index in [1.54, 1.807) is 12.3 Å². The number of thiocarbonyl (C=S) groups is 1. The summed E-state index contributed by atoms with van der Waals surface area (Å²) in [5.74, 6) is 0.182. The molecule has 8 nitrogen and oxygen atoms in total. The van der Waals surface area contributed by atoms with Gasteiger partial charge in [0.25, 0.3) is 0 Å². The molecule has 3 N–H and O–H groups in total. The Labute approximate surface area is 163 Å². The first-order valence-corrected chi connectivity index (χ1v) is 10.2. The number of carbonyl (C=O) groups excluding carboxylic acids is 1. The van der Waals surface area contributed by atoms with Crippen LogP contribution in [0.5, 0.6) is 0 Å². The van der Waals surface area contributed by atoms with Crippen molar-refractivity contribution in [2.75, 3.05) is 26.2 Å². The third-order valence-corrected chi connectivity index (χ3v) is 6.61. The second kappa shape index (κ2) is 8.07. The Morgan fingerprint density at radius 2 is 1.81 bits per heavy atom. The standard InChI is InChI=1S/C17H20N4O4S2/c18-16(22)13-3-5-15(6-4-13)27(23,24)21-9-7-20(8-10-21)17(26)19-12-14-2-1-11-25-14/h1-6,11H,7-10,12H2,(H2,18,22)(H,19,26). The van der Waals surface area contributed by atoms with E-state index in [0.29, 0.717) is 37.8 Å². The Hall–Kier alpha value is -2.43. The zero-order valence-electron chi connectivity index (χ0n) is 14.5. The van der Waals surface area contributed by atoms with E-state index in [4.69, 9.17) is 22.4 Å².